The summed E-state index contributed by atoms with van der Waals surface area (Å²) in [7, 11) is 1.36. The van der Waals surface area contributed by atoms with Crippen LogP contribution in [0.4, 0.5) is 5.69 Å². The van der Waals surface area contributed by atoms with Crippen LogP contribution in [0.15, 0.2) is 12.1 Å². The summed E-state index contributed by atoms with van der Waals surface area (Å²) in [6, 6.07) is 3.93. The van der Waals surface area contributed by atoms with Crippen molar-refractivity contribution in [3.8, 4) is 0 Å². The van der Waals surface area contributed by atoms with E-state index in [0.717, 1.165) is 61.6 Å². The molecule has 1 saturated heterocycles. The maximum atomic E-state index is 12.7. The molecule has 0 bridgehead atoms. The van der Waals surface area contributed by atoms with Crippen LogP contribution >= 0.6 is 11.3 Å². The second-order valence-electron chi connectivity index (χ2n) is 8.10. The lowest BCUT2D eigenvalue weighted by Crippen LogP contribution is -2.35. The maximum absolute atomic E-state index is 12.7. The first-order valence-corrected chi connectivity index (χ1v) is 11.6. The summed E-state index contributed by atoms with van der Waals surface area (Å²) >= 11 is 1.28. The highest BCUT2D eigenvalue weighted by atomic mass is 32.1. The van der Waals surface area contributed by atoms with Crippen LogP contribution in [0, 0.1) is 5.92 Å². The van der Waals surface area contributed by atoms with Crippen molar-refractivity contribution in [3.05, 3.63) is 22.7 Å². The molecule has 2 aromatic heterocycles. The lowest BCUT2D eigenvalue weighted by molar-refractivity contribution is -0.117. The summed E-state index contributed by atoms with van der Waals surface area (Å²) in [5, 5.41) is 3.80. The molecule has 1 aliphatic heterocycles. The lowest BCUT2D eigenvalue weighted by atomic mass is 9.87. The SMILES string of the molecule is COC(=O)c1sc2nc(CN3CCOCC3)ccc2c1NC(=O)CC1CCCCC1. The van der Waals surface area contributed by atoms with Gasteiger partial charge in [0.1, 0.15) is 9.71 Å². The third-order valence-electron chi connectivity index (χ3n) is 5.94. The Morgan fingerprint density at radius 3 is 2.73 bits per heavy atom. The van der Waals surface area contributed by atoms with E-state index in [1.165, 1.54) is 37.7 Å². The molecule has 1 saturated carbocycles. The molecule has 30 heavy (non-hydrogen) atoms. The van der Waals surface area contributed by atoms with E-state index in [-0.39, 0.29) is 5.91 Å². The van der Waals surface area contributed by atoms with Gasteiger partial charge in [0.2, 0.25) is 5.91 Å². The van der Waals surface area contributed by atoms with Gasteiger partial charge in [-0.25, -0.2) is 9.78 Å². The Hall–Kier alpha value is -2.03. The zero-order valence-corrected chi connectivity index (χ0v) is 18.3. The van der Waals surface area contributed by atoms with Gasteiger partial charge >= 0.3 is 5.97 Å². The van der Waals surface area contributed by atoms with Gasteiger partial charge in [-0.15, -0.1) is 11.3 Å². The van der Waals surface area contributed by atoms with Gasteiger partial charge in [0.05, 0.1) is 31.7 Å². The summed E-state index contributed by atoms with van der Waals surface area (Å²) in [5.41, 5.74) is 1.48. The number of rotatable bonds is 6. The van der Waals surface area contributed by atoms with Crippen LogP contribution in [-0.2, 0) is 20.8 Å². The van der Waals surface area contributed by atoms with Gasteiger partial charge in [-0.1, -0.05) is 19.3 Å². The summed E-state index contributed by atoms with van der Waals surface area (Å²) in [6.45, 7) is 4.00. The third-order valence-corrected chi connectivity index (χ3v) is 7.02. The highest BCUT2D eigenvalue weighted by molar-refractivity contribution is 7.21. The Kier molecular flexibility index (Phi) is 6.97. The van der Waals surface area contributed by atoms with Crippen molar-refractivity contribution in [2.75, 3.05) is 38.7 Å². The van der Waals surface area contributed by atoms with Crippen molar-refractivity contribution in [3.63, 3.8) is 0 Å². The average Bonchev–Trinajstić information content (AvgIpc) is 3.12. The molecule has 162 valence electrons. The highest BCUT2D eigenvalue weighted by Crippen LogP contribution is 2.36. The first-order valence-electron chi connectivity index (χ1n) is 10.7. The minimum atomic E-state index is -0.444. The number of amides is 1. The van der Waals surface area contributed by atoms with Crippen molar-refractivity contribution in [1.82, 2.24) is 9.88 Å². The second-order valence-corrected chi connectivity index (χ2v) is 9.10. The van der Waals surface area contributed by atoms with E-state index < -0.39 is 5.97 Å². The number of nitrogens with one attached hydrogen (secondary N) is 1. The molecule has 0 unspecified atom stereocenters. The van der Waals surface area contributed by atoms with E-state index in [1.54, 1.807) is 0 Å². The number of carbonyl (C=O) groups is 2. The van der Waals surface area contributed by atoms with Gasteiger partial charge in [-0.05, 0) is 30.9 Å². The van der Waals surface area contributed by atoms with E-state index >= 15 is 0 Å². The minimum absolute atomic E-state index is 0.0378. The van der Waals surface area contributed by atoms with Crippen LogP contribution in [-0.4, -0.2) is 55.2 Å². The predicted molar refractivity (Wildman–Crippen MR) is 117 cm³/mol. The zero-order valence-electron chi connectivity index (χ0n) is 17.4. The summed E-state index contributed by atoms with van der Waals surface area (Å²) in [5.74, 6) is -0.0479. The number of nitrogens with zero attached hydrogens (tertiary/aromatic N) is 2. The number of hydrogen-bond acceptors (Lipinski definition) is 7. The number of thiophene rings is 1. The predicted octanol–water partition coefficient (Wildman–Crippen LogP) is 3.82. The molecule has 0 spiro atoms. The molecule has 4 rings (SSSR count). The van der Waals surface area contributed by atoms with E-state index in [9.17, 15) is 9.59 Å². The fourth-order valence-electron chi connectivity index (χ4n) is 4.30. The highest BCUT2D eigenvalue weighted by Gasteiger charge is 2.24. The van der Waals surface area contributed by atoms with Gasteiger partial charge in [0.25, 0.3) is 0 Å². The molecule has 0 atom stereocenters. The normalized spacial score (nSPS) is 18.4. The second kappa shape index (κ2) is 9.85. The molecule has 8 heteroatoms. The third kappa shape index (κ3) is 4.99. The molecule has 0 aromatic carbocycles. The molecule has 1 N–H and O–H groups in total. The molecule has 3 heterocycles. The zero-order chi connectivity index (χ0) is 20.9. The quantitative estimate of drug-likeness (QED) is 0.701. The topological polar surface area (TPSA) is 80.8 Å². The number of fused-ring (bicyclic) bond motifs is 1. The molecule has 2 fully saturated rings. The van der Waals surface area contributed by atoms with Crippen molar-refractivity contribution in [1.29, 1.82) is 0 Å². The molecular weight excluding hydrogens is 402 g/mol. The van der Waals surface area contributed by atoms with Gasteiger partial charge in [0.15, 0.2) is 0 Å². The number of aromatic nitrogens is 1. The standard InChI is InChI=1S/C22H29N3O4S/c1-28-22(27)20-19(24-18(26)13-15-5-3-2-4-6-15)17-8-7-16(23-21(17)30-20)14-25-9-11-29-12-10-25/h7-8,15H,2-6,9-14H2,1H3,(H,24,26). The van der Waals surface area contributed by atoms with Crippen LogP contribution in [0.25, 0.3) is 10.2 Å². The number of carbonyl (C=O) groups excluding carboxylic acids is 2. The molecule has 1 aliphatic carbocycles. The number of pyridine rings is 1. The number of morpholine rings is 1. The molecule has 1 amide bonds. The largest absolute Gasteiger partial charge is 0.465 e. The van der Waals surface area contributed by atoms with Crippen LogP contribution in [0.3, 0.4) is 0 Å². The van der Waals surface area contributed by atoms with Gasteiger partial charge < -0.3 is 14.8 Å². The van der Waals surface area contributed by atoms with Crippen LogP contribution in [0.2, 0.25) is 0 Å². The minimum Gasteiger partial charge on any atom is -0.465 e. The number of anilines is 1. The maximum Gasteiger partial charge on any atom is 0.350 e. The smallest absolute Gasteiger partial charge is 0.350 e. The Labute approximate surface area is 180 Å². The number of methoxy groups -OCH3 is 1. The molecule has 0 radical (unpaired) electrons. The van der Waals surface area contributed by atoms with Crippen LogP contribution < -0.4 is 5.32 Å². The Bertz CT molecular complexity index is 901. The van der Waals surface area contributed by atoms with E-state index in [0.29, 0.717) is 22.9 Å². The number of esters is 1. The summed E-state index contributed by atoms with van der Waals surface area (Å²) in [4.78, 5) is 33.3. The van der Waals surface area contributed by atoms with Crippen molar-refractivity contribution in [2.24, 2.45) is 5.92 Å². The van der Waals surface area contributed by atoms with Crippen LogP contribution in [0.1, 0.15) is 53.9 Å². The van der Waals surface area contributed by atoms with Crippen LogP contribution in [0.5, 0.6) is 0 Å². The molecule has 2 aromatic rings. The lowest BCUT2D eigenvalue weighted by Gasteiger charge is -2.26. The van der Waals surface area contributed by atoms with Crippen molar-refractivity contribution in [2.45, 2.75) is 45.1 Å². The first kappa shape index (κ1) is 21.2. The number of hydrogen-bond donors (Lipinski definition) is 1. The van der Waals surface area contributed by atoms with E-state index in [2.05, 4.69) is 10.2 Å². The first-order chi connectivity index (χ1) is 14.6. The Balaban J connectivity index is 1.55. The summed E-state index contributed by atoms with van der Waals surface area (Å²) in [6.07, 6.45) is 6.37. The molecule has 7 nitrogen and oxygen atoms in total. The van der Waals surface area contributed by atoms with Crippen molar-refractivity contribution < 1.29 is 19.1 Å². The molecule has 2 aliphatic rings. The molecular formula is C22H29N3O4S. The van der Waals surface area contributed by atoms with Gasteiger partial charge in [0, 0.05) is 31.4 Å². The van der Waals surface area contributed by atoms with E-state index in [4.69, 9.17) is 14.5 Å². The summed E-state index contributed by atoms with van der Waals surface area (Å²) < 4.78 is 10.4. The average molecular weight is 432 g/mol. The Morgan fingerprint density at radius 1 is 1.23 bits per heavy atom. The number of ether oxygens (including phenoxy) is 2. The van der Waals surface area contributed by atoms with Gasteiger partial charge in [-0.3, -0.25) is 9.69 Å². The monoisotopic (exact) mass is 431 g/mol. The fourth-order valence-corrected chi connectivity index (χ4v) is 5.36. The fraction of sp³-hybridized carbons (Fsp3) is 0.591. The van der Waals surface area contributed by atoms with E-state index in [1.807, 2.05) is 12.1 Å². The van der Waals surface area contributed by atoms with Gasteiger partial charge in [-0.2, -0.15) is 0 Å². The Morgan fingerprint density at radius 2 is 2.00 bits per heavy atom. The van der Waals surface area contributed by atoms with Crippen molar-refractivity contribution >= 4 is 39.1 Å².